The lowest BCUT2D eigenvalue weighted by atomic mass is 10.0. The van der Waals surface area contributed by atoms with Crippen LogP contribution < -0.4 is 21.7 Å². The van der Waals surface area contributed by atoms with Gasteiger partial charge in [0, 0.05) is 18.6 Å². The van der Waals surface area contributed by atoms with Crippen molar-refractivity contribution in [2.24, 2.45) is 5.73 Å². The van der Waals surface area contributed by atoms with Crippen molar-refractivity contribution >= 4 is 36.3 Å². The van der Waals surface area contributed by atoms with E-state index < -0.39 is 47.9 Å². The Morgan fingerprint density at radius 1 is 0.581 bits per heavy atom. The predicted molar refractivity (Wildman–Crippen MR) is 161 cm³/mol. The highest BCUT2D eigenvalue weighted by Gasteiger charge is 2.30. The molecule has 0 aromatic heterocycles. The highest BCUT2D eigenvalue weighted by Crippen LogP contribution is 2.14. The average Bonchev–Trinajstić information content (AvgIpc) is 2.98. The van der Waals surface area contributed by atoms with Crippen molar-refractivity contribution in [3.8, 4) is 17.2 Å². The first-order chi connectivity index (χ1) is 20.4. The van der Waals surface area contributed by atoms with Crippen LogP contribution in [0.3, 0.4) is 0 Å². The van der Waals surface area contributed by atoms with E-state index in [0.29, 0.717) is 16.7 Å². The number of thiol groups is 1. The Morgan fingerprint density at radius 3 is 1.35 bits per heavy atom. The number of phenolic OH excluding ortho intramolecular Hbond substituents is 3. The van der Waals surface area contributed by atoms with Crippen molar-refractivity contribution in [1.29, 1.82) is 0 Å². The topological polar surface area (TPSA) is 211 Å². The van der Waals surface area contributed by atoms with Crippen LogP contribution in [0.1, 0.15) is 16.7 Å². The zero-order valence-corrected chi connectivity index (χ0v) is 23.9. The molecule has 0 saturated heterocycles. The van der Waals surface area contributed by atoms with Crippen molar-refractivity contribution in [1.82, 2.24) is 16.0 Å². The van der Waals surface area contributed by atoms with Gasteiger partial charge < -0.3 is 42.1 Å². The summed E-state index contributed by atoms with van der Waals surface area (Å²) in [6.07, 6.45) is -0.0109. The summed E-state index contributed by atoms with van der Waals surface area (Å²) in [6.45, 7) is 0. The molecule has 0 radical (unpaired) electrons. The SMILES string of the molecule is NC(Cc1ccc(O)cc1)C(=O)NC(CS)C(=O)NC(Cc1ccc(O)cc1)C(=O)NC(Cc1ccc(O)cc1)C(=O)O. The first kappa shape index (κ1) is 32.8. The maximum absolute atomic E-state index is 13.4. The second-order valence-electron chi connectivity index (χ2n) is 9.92. The van der Waals surface area contributed by atoms with Gasteiger partial charge in [0.15, 0.2) is 0 Å². The van der Waals surface area contributed by atoms with E-state index in [9.17, 15) is 39.6 Å². The molecule has 0 aliphatic carbocycles. The molecule has 3 aromatic rings. The average molecular weight is 611 g/mol. The Kier molecular flexibility index (Phi) is 11.8. The highest BCUT2D eigenvalue weighted by atomic mass is 32.1. The number of rotatable bonds is 14. The van der Waals surface area contributed by atoms with Crippen molar-refractivity contribution in [3.05, 3.63) is 89.5 Å². The molecule has 4 atom stereocenters. The monoisotopic (exact) mass is 610 g/mol. The van der Waals surface area contributed by atoms with Crippen LogP contribution in [0.15, 0.2) is 72.8 Å². The molecule has 0 aliphatic rings. The fraction of sp³-hybridized carbons (Fsp3) is 0.267. The van der Waals surface area contributed by atoms with Gasteiger partial charge in [-0.25, -0.2) is 4.79 Å². The number of nitrogens with two attached hydrogens (primary N) is 1. The van der Waals surface area contributed by atoms with Gasteiger partial charge in [0.25, 0.3) is 0 Å². The zero-order chi connectivity index (χ0) is 31.5. The number of carbonyl (C=O) groups excluding carboxylic acids is 3. The Bertz CT molecular complexity index is 1400. The van der Waals surface area contributed by atoms with Crippen LogP contribution in [0.4, 0.5) is 0 Å². The van der Waals surface area contributed by atoms with Gasteiger partial charge in [-0.2, -0.15) is 12.6 Å². The molecule has 228 valence electrons. The lowest BCUT2D eigenvalue weighted by Crippen LogP contribution is -2.58. The number of hydrogen-bond donors (Lipinski definition) is 9. The lowest BCUT2D eigenvalue weighted by Gasteiger charge is -2.25. The minimum atomic E-state index is -1.35. The van der Waals surface area contributed by atoms with E-state index in [4.69, 9.17) is 5.73 Å². The zero-order valence-electron chi connectivity index (χ0n) is 23.0. The number of nitrogens with one attached hydrogen (secondary N) is 3. The van der Waals surface area contributed by atoms with Gasteiger partial charge >= 0.3 is 5.97 Å². The van der Waals surface area contributed by atoms with Gasteiger partial charge in [-0.1, -0.05) is 36.4 Å². The van der Waals surface area contributed by atoms with Crippen LogP contribution in [0.2, 0.25) is 0 Å². The van der Waals surface area contributed by atoms with Crippen molar-refractivity contribution in [2.75, 3.05) is 5.75 Å². The van der Waals surface area contributed by atoms with E-state index in [-0.39, 0.29) is 42.3 Å². The fourth-order valence-corrected chi connectivity index (χ4v) is 4.40. The third-order valence-corrected chi connectivity index (χ3v) is 6.91. The van der Waals surface area contributed by atoms with Gasteiger partial charge in [0.1, 0.15) is 35.4 Å². The molecule has 0 bridgehead atoms. The van der Waals surface area contributed by atoms with Crippen LogP contribution in [-0.2, 0) is 38.4 Å². The molecule has 3 amide bonds. The van der Waals surface area contributed by atoms with Crippen molar-refractivity contribution in [3.63, 3.8) is 0 Å². The molecule has 0 heterocycles. The number of benzene rings is 3. The van der Waals surface area contributed by atoms with E-state index in [1.807, 2.05) is 0 Å². The van der Waals surface area contributed by atoms with E-state index in [1.54, 1.807) is 24.3 Å². The van der Waals surface area contributed by atoms with E-state index in [1.165, 1.54) is 48.5 Å². The quantitative estimate of drug-likeness (QED) is 0.117. The minimum Gasteiger partial charge on any atom is -0.508 e. The number of aromatic hydroxyl groups is 3. The van der Waals surface area contributed by atoms with E-state index in [2.05, 4.69) is 28.6 Å². The minimum absolute atomic E-state index is 0.00322. The smallest absolute Gasteiger partial charge is 0.326 e. The Hall–Kier alpha value is -4.75. The molecule has 12 nitrogen and oxygen atoms in total. The summed E-state index contributed by atoms with van der Waals surface area (Å²) in [7, 11) is 0. The molecule has 3 rings (SSSR count). The molecule has 4 unspecified atom stereocenters. The molecule has 43 heavy (non-hydrogen) atoms. The second kappa shape index (κ2) is 15.5. The first-order valence-corrected chi connectivity index (χ1v) is 13.9. The molecule has 9 N–H and O–H groups in total. The van der Waals surface area contributed by atoms with E-state index >= 15 is 0 Å². The largest absolute Gasteiger partial charge is 0.508 e. The number of amides is 3. The molecule has 0 fully saturated rings. The third kappa shape index (κ3) is 10.2. The van der Waals surface area contributed by atoms with Gasteiger partial charge in [0.2, 0.25) is 17.7 Å². The first-order valence-electron chi connectivity index (χ1n) is 13.3. The van der Waals surface area contributed by atoms with Gasteiger partial charge in [-0.15, -0.1) is 0 Å². The van der Waals surface area contributed by atoms with Gasteiger partial charge in [-0.05, 0) is 59.5 Å². The maximum atomic E-state index is 13.4. The number of carboxylic acid groups (broad SMARTS) is 1. The maximum Gasteiger partial charge on any atom is 0.326 e. The Labute approximate surface area is 253 Å². The number of phenols is 3. The molecule has 3 aromatic carbocycles. The van der Waals surface area contributed by atoms with Gasteiger partial charge in [-0.3, -0.25) is 14.4 Å². The molecule has 0 spiro atoms. The second-order valence-corrected chi connectivity index (χ2v) is 10.3. The molecule has 13 heteroatoms. The third-order valence-electron chi connectivity index (χ3n) is 6.54. The van der Waals surface area contributed by atoms with Gasteiger partial charge in [0.05, 0.1) is 6.04 Å². The van der Waals surface area contributed by atoms with Crippen LogP contribution >= 0.6 is 12.6 Å². The van der Waals surface area contributed by atoms with Crippen LogP contribution in [0.5, 0.6) is 17.2 Å². The normalized spacial score (nSPS) is 13.6. The summed E-state index contributed by atoms with van der Waals surface area (Å²) < 4.78 is 0. The van der Waals surface area contributed by atoms with Crippen LogP contribution in [0.25, 0.3) is 0 Å². The van der Waals surface area contributed by atoms with Crippen molar-refractivity contribution in [2.45, 2.75) is 43.4 Å². The number of carboxylic acids is 1. The number of hydrogen-bond acceptors (Lipinski definition) is 9. The standard InChI is InChI=1S/C30H34N4O8S/c31-23(13-17-1-7-20(35)8-2-17)27(38)34-26(16-43)29(40)32-24(14-18-3-9-21(36)10-4-18)28(39)33-25(30(41)42)15-19-5-11-22(37)12-6-19/h1-12,23-26,35-37,43H,13-16,31H2,(H,32,40)(H,33,39)(H,34,38)(H,41,42). The summed E-state index contributed by atoms with van der Waals surface area (Å²) in [5, 5.41) is 45.9. The van der Waals surface area contributed by atoms with Crippen LogP contribution in [-0.4, -0.2) is 74.0 Å². The fourth-order valence-electron chi connectivity index (χ4n) is 4.14. The lowest BCUT2D eigenvalue weighted by molar-refractivity contribution is -0.142. The molecule has 0 saturated carbocycles. The highest BCUT2D eigenvalue weighted by molar-refractivity contribution is 7.80. The molecular formula is C30H34N4O8S. The van der Waals surface area contributed by atoms with E-state index in [0.717, 1.165) is 0 Å². The number of carbonyl (C=O) groups is 4. The summed E-state index contributed by atoms with van der Waals surface area (Å²) in [5.41, 5.74) is 7.83. The molecular weight excluding hydrogens is 576 g/mol. The molecule has 0 aliphatic heterocycles. The Morgan fingerprint density at radius 2 is 0.930 bits per heavy atom. The Balaban J connectivity index is 1.72. The van der Waals surface area contributed by atoms with Crippen molar-refractivity contribution < 1.29 is 39.6 Å². The van der Waals surface area contributed by atoms with Crippen LogP contribution in [0, 0.1) is 0 Å². The summed E-state index contributed by atoms with van der Waals surface area (Å²) in [5.74, 6) is -3.55. The summed E-state index contributed by atoms with van der Waals surface area (Å²) >= 11 is 4.17. The number of aliphatic carboxylic acids is 1. The predicted octanol–water partition coefficient (Wildman–Crippen LogP) is 0.627. The summed E-state index contributed by atoms with van der Waals surface area (Å²) in [6, 6.07) is 13.1. The summed E-state index contributed by atoms with van der Waals surface area (Å²) in [4.78, 5) is 51.3.